The van der Waals surface area contributed by atoms with E-state index in [2.05, 4.69) is 36.6 Å². The number of aryl methyl sites for hydroxylation is 2. The van der Waals surface area contributed by atoms with Crippen LogP contribution < -0.4 is 16.2 Å². The second-order valence-corrected chi connectivity index (χ2v) is 8.40. The fraction of sp³-hybridized carbons (Fsp3) is 0.148. The number of hydrogen-bond acceptors (Lipinski definition) is 5. The van der Waals surface area contributed by atoms with Gasteiger partial charge in [-0.3, -0.25) is 9.48 Å². The Morgan fingerprint density at radius 3 is 2.00 bits per heavy atom. The van der Waals surface area contributed by atoms with Gasteiger partial charge in [0.1, 0.15) is 5.69 Å². The number of nitrogens with one attached hydrogen (secondary N) is 2. The minimum absolute atomic E-state index is 0.154. The highest BCUT2D eigenvalue weighted by Gasteiger charge is 2.19. The molecule has 170 valence electrons. The predicted molar refractivity (Wildman–Crippen MR) is 138 cm³/mol. The fourth-order valence-electron chi connectivity index (χ4n) is 3.96. The van der Waals surface area contributed by atoms with Gasteiger partial charge < -0.3 is 10.6 Å². The molecule has 0 saturated carbocycles. The van der Waals surface area contributed by atoms with Gasteiger partial charge in [-0.1, -0.05) is 36.4 Å². The summed E-state index contributed by atoms with van der Waals surface area (Å²) in [6.07, 6.45) is 0. The molecule has 2 aromatic heterocycles. The van der Waals surface area contributed by atoms with Crippen molar-refractivity contribution in [2.75, 3.05) is 10.6 Å². The van der Waals surface area contributed by atoms with Crippen molar-refractivity contribution in [3.05, 3.63) is 100.0 Å². The summed E-state index contributed by atoms with van der Waals surface area (Å²) in [6, 6.07) is 23.4. The lowest BCUT2D eigenvalue weighted by molar-refractivity contribution is 0.630. The summed E-state index contributed by atoms with van der Waals surface area (Å²) >= 11 is 0. The Morgan fingerprint density at radius 1 is 0.735 bits per heavy atom. The van der Waals surface area contributed by atoms with Crippen molar-refractivity contribution in [3.8, 4) is 5.69 Å². The maximum absolute atomic E-state index is 13.4. The molecule has 0 aliphatic carbocycles. The Morgan fingerprint density at radius 2 is 1.35 bits per heavy atom. The van der Waals surface area contributed by atoms with Crippen molar-refractivity contribution in [1.29, 1.82) is 0 Å². The number of para-hydroxylation sites is 3. The highest BCUT2D eigenvalue weighted by Crippen LogP contribution is 2.29. The number of rotatable bonds is 5. The zero-order valence-corrected chi connectivity index (χ0v) is 19.6. The van der Waals surface area contributed by atoms with Gasteiger partial charge in [-0.15, -0.1) is 0 Å². The van der Waals surface area contributed by atoms with Gasteiger partial charge in [0.15, 0.2) is 11.6 Å². The van der Waals surface area contributed by atoms with Crippen LogP contribution in [0.2, 0.25) is 0 Å². The van der Waals surface area contributed by atoms with E-state index in [-0.39, 0.29) is 5.56 Å². The van der Waals surface area contributed by atoms with Gasteiger partial charge in [-0.25, -0.2) is 14.6 Å². The van der Waals surface area contributed by atoms with Crippen molar-refractivity contribution in [2.24, 2.45) is 7.05 Å². The third kappa shape index (κ3) is 3.81. The van der Waals surface area contributed by atoms with Crippen LogP contribution in [0.1, 0.15) is 16.8 Å². The normalized spacial score (nSPS) is 11.1. The van der Waals surface area contributed by atoms with Crippen molar-refractivity contribution in [3.63, 3.8) is 0 Å². The Balaban J connectivity index is 1.62. The number of hydrogen-bond donors (Lipinski definition) is 2. The van der Waals surface area contributed by atoms with Crippen LogP contribution in [0.5, 0.6) is 0 Å². The fourth-order valence-corrected chi connectivity index (χ4v) is 3.96. The highest BCUT2D eigenvalue weighted by molar-refractivity contribution is 5.83. The molecule has 7 nitrogen and oxygen atoms in total. The van der Waals surface area contributed by atoms with Gasteiger partial charge in [0.05, 0.1) is 22.4 Å². The van der Waals surface area contributed by atoms with E-state index >= 15 is 0 Å². The van der Waals surface area contributed by atoms with Crippen molar-refractivity contribution in [1.82, 2.24) is 19.3 Å². The first-order valence-electron chi connectivity index (χ1n) is 11.1. The standard InChI is InChI=1S/C27H26N6O/c1-17-14-15-20(16-18(17)2)28-25-26(30-23-13-9-8-12-22(23)29-25)31-24-19(3)32(4)33(27(24)34)21-10-6-5-7-11-21/h5-16H,1-4H3,(H,28,29)(H,30,31). The van der Waals surface area contributed by atoms with E-state index in [1.807, 2.05) is 79.3 Å². The molecule has 0 spiro atoms. The molecule has 34 heavy (non-hydrogen) atoms. The van der Waals surface area contributed by atoms with Crippen LogP contribution in [-0.4, -0.2) is 19.3 Å². The van der Waals surface area contributed by atoms with Crippen LogP contribution in [0.3, 0.4) is 0 Å². The molecule has 0 atom stereocenters. The molecule has 5 rings (SSSR count). The molecule has 2 N–H and O–H groups in total. The largest absolute Gasteiger partial charge is 0.337 e. The van der Waals surface area contributed by atoms with E-state index in [1.165, 1.54) is 11.1 Å². The molecule has 0 aliphatic heterocycles. The second kappa shape index (κ2) is 8.51. The average Bonchev–Trinajstić information content (AvgIpc) is 3.05. The van der Waals surface area contributed by atoms with Crippen LogP contribution in [0.15, 0.2) is 77.6 Å². The molecule has 0 saturated heterocycles. The van der Waals surface area contributed by atoms with E-state index in [9.17, 15) is 4.79 Å². The Bertz CT molecular complexity index is 1570. The van der Waals surface area contributed by atoms with E-state index in [1.54, 1.807) is 4.68 Å². The number of fused-ring (bicyclic) bond motifs is 1. The highest BCUT2D eigenvalue weighted by atomic mass is 16.1. The number of anilines is 4. The molecule has 0 fully saturated rings. The van der Waals surface area contributed by atoms with Crippen LogP contribution in [0.4, 0.5) is 23.0 Å². The molecule has 0 radical (unpaired) electrons. The van der Waals surface area contributed by atoms with Gasteiger partial charge in [-0.2, -0.15) is 0 Å². The molecular weight excluding hydrogens is 424 g/mol. The molecule has 0 unspecified atom stereocenters. The molecule has 3 aromatic carbocycles. The summed E-state index contributed by atoms with van der Waals surface area (Å²) < 4.78 is 3.48. The second-order valence-electron chi connectivity index (χ2n) is 8.40. The smallest absolute Gasteiger partial charge is 0.295 e. The topological polar surface area (TPSA) is 76.8 Å². The first-order chi connectivity index (χ1) is 16.4. The molecule has 2 heterocycles. The van der Waals surface area contributed by atoms with Gasteiger partial charge in [0.2, 0.25) is 0 Å². The van der Waals surface area contributed by atoms with Gasteiger partial charge in [0, 0.05) is 12.7 Å². The monoisotopic (exact) mass is 450 g/mol. The van der Waals surface area contributed by atoms with Crippen molar-refractivity contribution < 1.29 is 0 Å². The number of aromatic nitrogens is 4. The van der Waals surface area contributed by atoms with Gasteiger partial charge in [0.25, 0.3) is 5.56 Å². The van der Waals surface area contributed by atoms with Crippen LogP contribution >= 0.6 is 0 Å². The van der Waals surface area contributed by atoms with E-state index in [0.717, 1.165) is 28.1 Å². The molecule has 0 aliphatic rings. The summed E-state index contributed by atoms with van der Waals surface area (Å²) in [5.41, 5.74) is 6.70. The first-order valence-corrected chi connectivity index (χ1v) is 11.1. The predicted octanol–water partition coefficient (Wildman–Crippen LogP) is 5.53. The van der Waals surface area contributed by atoms with E-state index < -0.39 is 0 Å². The lowest BCUT2D eigenvalue weighted by Crippen LogP contribution is -2.20. The zero-order chi connectivity index (χ0) is 23.8. The third-order valence-electron chi connectivity index (χ3n) is 6.14. The summed E-state index contributed by atoms with van der Waals surface area (Å²) in [5, 5.41) is 6.68. The molecule has 7 heteroatoms. The Hall–Kier alpha value is -4.39. The zero-order valence-electron chi connectivity index (χ0n) is 19.6. The van der Waals surface area contributed by atoms with Crippen molar-refractivity contribution in [2.45, 2.75) is 20.8 Å². The maximum Gasteiger partial charge on any atom is 0.295 e. The number of nitrogens with zero attached hydrogens (tertiary/aromatic N) is 4. The lowest BCUT2D eigenvalue weighted by atomic mass is 10.1. The van der Waals surface area contributed by atoms with Crippen LogP contribution in [0.25, 0.3) is 16.7 Å². The van der Waals surface area contributed by atoms with Crippen LogP contribution in [-0.2, 0) is 7.05 Å². The quantitative estimate of drug-likeness (QED) is 0.368. The lowest BCUT2D eigenvalue weighted by Gasteiger charge is -2.14. The van der Waals surface area contributed by atoms with Gasteiger partial charge >= 0.3 is 0 Å². The van der Waals surface area contributed by atoms with Gasteiger partial charge in [-0.05, 0) is 68.3 Å². The average molecular weight is 451 g/mol. The molecule has 5 aromatic rings. The molecule has 0 bridgehead atoms. The summed E-state index contributed by atoms with van der Waals surface area (Å²) in [6.45, 7) is 6.07. The van der Waals surface area contributed by atoms with Crippen molar-refractivity contribution >= 4 is 34.0 Å². The SMILES string of the molecule is Cc1ccc(Nc2nc3ccccc3nc2Nc2c(C)n(C)n(-c3ccccc3)c2=O)cc1C. The molecule has 0 amide bonds. The minimum Gasteiger partial charge on any atom is -0.337 e. The number of benzene rings is 3. The molecular formula is C27H26N6O. The summed E-state index contributed by atoms with van der Waals surface area (Å²) in [4.78, 5) is 23.1. The minimum atomic E-state index is -0.154. The Kier molecular flexibility index (Phi) is 5.37. The summed E-state index contributed by atoms with van der Waals surface area (Å²) in [7, 11) is 1.87. The van der Waals surface area contributed by atoms with Crippen LogP contribution in [0, 0.1) is 20.8 Å². The Labute approximate surface area is 197 Å². The first kappa shape index (κ1) is 21.5. The van der Waals surface area contributed by atoms with E-state index in [0.29, 0.717) is 17.3 Å². The third-order valence-corrected chi connectivity index (χ3v) is 6.14. The summed E-state index contributed by atoms with van der Waals surface area (Å²) in [5.74, 6) is 1.04. The van der Waals surface area contributed by atoms with E-state index in [4.69, 9.17) is 9.97 Å². The maximum atomic E-state index is 13.4.